The number of nitrogens with zero attached hydrogens (tertiary/aromatic N) is 6. The zero-order chi connectivity index (χ0) is 50.4. The highest BCUT2D eigenvalue weighted by molar-refractivity contribution is 9.09. The first-order chi connectivity index (χ1) is 32.8. The number of amides is 2. The topological polar surface area (TPSA) is 290 Å². The van der Waals surface area contributed by atoms with E-state index in [0.717, 1.165) is 51.4 Å². The molecule has 18 nitrogen and oxygen atoms in total. The second-order valence-electron chi connectivity index (χ2n) is 15.9. The Hall–Kier alpha value is -6.70. The van der Waals surface area contributed by atoms with E-state index in [1.165, 1.54) is 48.8 Å². The van der Waals surface area contributed by atoms with Gasteiger partial charge in [-0.2, -0.15) is 20.5 Å². The maximum absolute atomic E-state index is 12.6. The van der Waals surface area contributed by atoms with Crippen molar-refractivity contribution in [3.8, 4) is 23.6 Å². The van der Waals surface area contributed by atoms with E-state index in [1.807, 2.05) is 12.1 Å². The number of nitrogens with two attached hydrogens (primary N) is 3. The van der Waals surface area contributed by atoms with Crippen LogP contribution in [0.1, 0.15) is 81.0 Å². The van der Waals surface area contributed by atoms with Crippen molar-refractivity contribution in [3.05, 3.63) is 83.2 Å². The Morgan fingerprint density at radius 2 is 1.07 bits per heavy atom. The number of rotatable bonds is 18. The van der Waals surface area contributed by atoms with Gasteiger partial charge in [-0.25, -0.2) is 9.97 Å². The number of para-hydroxylation sites is 2. The predicted octanol–water partition coefficient (Wildman–Crippen LogP) is 7.20. The number of ether oxygens (including phenoxy) is 2. The second kappa shape index (κ2) is 28.7. The molecule has 2 amide bonds. The first-order valence-corrected chi connectivity index (χ1v) is 22.7. The number of aromatic nitrogens is 4. The molecule has 70 heavy (non-hydrogen) atoms. The summed E-state index contributed by atoms with van der Waals surface area (Å²) in [6, 6.07) is 16.2. The molecule has 2 aliphatic carbocycles. The van der Waals surface area contributed by atoms with Crippen molar-refractivity contribution in [3.63, 3.8) is 0 Å². The molecule has 2 heterocycles. The number of primary amides is 2. The number of benzene rings is 2. The van der Waals surface area contributed by atoms with Crippen molar-refractivity contribution >= 4 is 51.3 Å². The van der Waals surface area contributed by atoms with E-state index in [4.69, 9.17) is 11.5 Å². The molecule has 25 heteroatoms. The zero-order valence-corrected chi connectivity index (χ0v) is 38.8. The Balaban J connectivity index is 0.000000335. The lowest BCUT2D eigenvalue weighted by Crippen LogP contribution is -2.39. The number of nitriles is 2. The van der Waals surface area contributed by atoms with Gasteiger partial charge in [0.25, 0.3) is 0 Å². The van der Waals surface area contributed by atoms with Crippen molar-refractivity contribution in [1.82, 2.24) is 25.3 Å². The number of halogens is 7. The van der Waals surface area contributed by atoms with Crippen LogP contribution in [0.2, 0.25) is 0 Å². The van der Waals surface area contributed by atoms with Crippen molar-refractivity contribution in [2.45, 2.75) is 96.7 Å². The van der Waals surface area contributed by atoms with Crippen LogP contribution < -0.4 is 53.3 Å². The summed E-state index contributed by atoms with van der Waals surface area (Å²) < 4.78 is 83.7. The Kier molecular flexibility index (Phi) is 23.6. The van der Waals surface area contributed by atoms with Gasteiger partial charge in [0.2, 0.25) is 23.7 Å². The van der Waals surface area contributed by atoms with E-state index in [1.54, 1.807) is 12.1 Å². The van der Waals surface area contributed by atoms with Crippen LogP contribution in [0.4, 0.5) is 49.9 Å². The SMILES string of the molecule is C.N#Cc1cnc(NCc2ccccc2OC(F)(F)F)nc1NCC1CCC(N)CC1.N#Cc1cnc(NCc2ccccc2OC(F)(F)F)nc1NCC1CCC(NCC(N)=O)CC1.NC(=O)CBr. The average molecular weight is 1050 g/mol. The molecule has 0 spiro atoms. The normalized spacial score (nSPS) is 17.5. The third-order valence-corrected chi connectivity index (χ3v) is 11.2. The monoisotopic (exact) mass is 1050 g/mol. The highest BCUT2D eigenvalue weighted by atomic mass is 79.9. The number of carbonyl (C=O) groups excluding carboxylic acids is 2. The summed E-state index contributed by atoms with van der Waals surface area (Å²) in [5.74, 6) is 0.632. The van der Waals surface area contributed by atoms with E-state index in [2.05, 4.69) is 77.7 Å². The summed E-state index contributed by atoms with van der Waals surface area (Å²) in [6.07, 6.45) is 0.880. The van der Waals surface area contributed by atoms with Gasteiger partial charge < -0.3 is 53.3 Å². The Morgan fingerprint density at radius 3 is 1.44 bits per heavy atom. The van der Waals surface area contributed by atoms with Crippen LogP contribution in [-0.4, -0.2) is 81.5 Å². The van der Waals surface area contributed by atoms with Crippen LogP contribution in [0, 0.1) is 34.5 Å². The quantitative estimate of drug-likeness (QED) is 0.0361. The summed E-state index contributed by atoms with van der Waals surface area (Å²) in [5, 5.41) is 34.3. The van der Waals surface area contributed by atoms with Crippen molar-refractivity contribution in [2.24, 2.45) is 29.0 Å². The average Bonchev–Trinajstić information content (AvgIpc) is 3.31. The fourth-order valence-corrected chi connectivity index (χ4v) is 7.15. The predicted molar refractivity (Wildman–Crippen MR) is 254 cm³/mol. The highest BCUT2D eigenvalue weighted by Crippen LogP contribution is 2.30. The van der Waals surface area contributed by atoms with Gasteiger partial charge in [-0.05, 0) is 75.3 Å². The largest absolute Gasteiger partial charge is 0.573 e. The van der Waals surface area contributed by atoms with E-state index in [-0.39, 0.29) is 90.8 Å². The van der Waals surface area contributed by atoms with Gasteiger partial charge in [0.15, 0.2) is 0 Å². The summed E-state index contributed by atoms with van der Waals surface area (Å²) in [5.41, 5.74) is 16.9. The molecule has 4 aromatic rings. The molecule has 2 aromatic carbocycles. The van der Waals surface area contributed by atoms with Gasteiger partial charge in [-0.3, -0.25) is 9.59 Å². The van der Waals surface area contributed by atoms with E-state index in [9.17, 15) is 46.5 Å². The number of hydrogen-bond acceptors (Lipinski definition) is 16. The third-order valence-electron chi connectivity index (χ3n) is 10.6. The first-order valence-electron chi connectivity index (χ1n) is 21.6. The fraction of sp³-hybridized carbons (Fsp3) is 0.467. The molecule has 0 unspecified atom stereocenters. The van der Waals surface area contributed by atoms with E-state index in [0.29, 0.717) is 47.7 Å². The van der Waals surface area contributed by atoms with Gasteiger partial charge in [-0.15, -0.1) is 26.3 Å². The van der Waals surface area contributed by atoms with Crippen molar-refractivity contribution in [2.75, 3.05) is 46.2 Å². The van der Waals surface area contributed by atoms with Crippen LogP contribution in [0.3, 0.4) is 0 Å². The molecule has 2 saturated carbocycles. The summed E-state index contributed by atoms with van der Waals surface area (Å²) in [7, 11) is 0. The molecule has 0 bridgehead atoms. The molecule has 6 rings (SSSR count). The molecule has 2 fully saturated rings. The van der Waals surface area contributed by atoms with Crippen LogP contribution in [0.15, 0.2) is 60.9 Å². The van der Waals surface area contributed by atoms with Crippen LogP contribution in [-0.2, 0) is 22.7 Å². The minimum Gasteiger partial charge on any atom is -0.405 e. The Labute approximate surface area is 410 Å². The molecule has 2 aromatic heterocycles. The third kappa shape index (κ3) is 21.3. The molecule has 0 atom stereocenters. The van der Waals surface area contributed by atoms with E-state index < -0.39 is 12.7 Å². The van der Waals surface area contributed by atoms with Crippen LogP contribution >= 0.6 is 15.9 Å². The minimum atomic E-state index is -4.80. The summed E-state index contributed by atoms with van der Waals surface area (Å²) in [4.78, 5) is 37.2. The van der Waals surface area contributed by atoms with Crippen molar-refractivity contribution < 1.29 is 45.4 Å². The maximum Gasteiger partial charge on any atom is 0.573 e. The minimum absolute atomic E-state index is 0. The highest BCUT2D eigenvalue weighted by Gasteiger charge is 2.33. The maximum atomic E-state index is 12.6. The summed E-state index contributed by atoms with van der Waals surface area (Å²) in [6.45, 7) is 1.47. The first kappa shape index (κ1) is 57.6. The molecule has 11 N–H and O–H groups in total. The molecular formula is C45H57BrF6N14O4. The standard InChI is InChI=1S/C22H26F3N7O2.C20H23F3N6O.C2H4BrNO.CH4/c23-22(24,25)34-18-4-2-1-3-15(18)11-30-21-31-12-16(9-26)20(32-21)29-10-14-5-7-17(8-6-14)28-13-19(27)33;21-20(22,23)30-17-4-2-1-3-14(17)11-27-19-28-12-15(9-24)18(29-19)26-10-13-5-7-16(25)8-6-13;3-1-2(4)5;/h1-4,12,14,17,28H,5-8,10-11,13H2,(H2,27,33)(H2,29,30,31,32);1-4,12-13,16H,5-8,10-11,25H2,(H2,26,27,28,29);1H2,(H2,4,5);1H4. The Bertz CT molecular complexity index is 2350. The second-order valence-corrected chi connectivity index (χ2v) is 16.4. The Morgan fingerprint density at radius 1 is 0.671 bits per heavy atom. The fourth-order valence-electron chi connectivity index (χ4n) is 7.15. The number of nitrogens with one attached hydrogen (secondary N) is 5. The number of alkyl halides is 7. The molecule has 0 aliphatic heterocycles. The van der Waals surface area contributed by atoms with E-state index >= 15 is 0 Å². The summed E-state index contributed by atoms with van der Waals surface area (Å²) >= 11 is 2.84. The lowest BCUT2D eigenvalue weighted by molar-refractivity contribution is -0.275. The number of hydrogen-bond donors (Lipinski definition) is 8. The molecule has 2 aliphatic rings. The van der Waals surface area contributed by atoms with Gasteiger partial charge in [0.05, 0.1) is 24.3 Å². The number of anilines is 4. The zero-order valence-electron chi connectivity index (χ0n) is 37.2. The molecule has 0 radical (unpaired) electrons. The van der Waals surface area contributed by atoms with Crippen LogP contribution in [0.5, 0.6) is 11.5 Å². The van der Waals surface area contributed by atoms with Gasteiger partial charge in [0.1, 0.15) is 46.4 Å². The molecule has 380 valence electrons. The van der Waals surface area contributed by atoms with Gasteiger partial charge >= 0.3 is 12.7 Å². The lowest BCUT2D eigenvalue weighted by atomic mass is 9.86. The van der Waals surface area contributed by atoms with Crippen LogP contribution in [0.25, 0.3) is 0 Å². The molecule has 0 saturated heterocycles. The lowest BCUT2D eigenvalue weighted by Gasteiger charge is -2.29. The van der Waals surface area contributed by atoms with Crippen molar-refractivity contribution in [1.29, 1.82) is 10.5 Å². The number of carbonyl (C=O) groups is 2. The molecular weight excluding hydrogens is 994 g/mol. The van der Waals surface area contributed by atoms with Gasteiger partial charge in [0, 0.05) is 49.4 Å². The smallest absolute Gasteiger partial charge is 0.405 e. The van der Waals surface area contributed by atoms with Gasteiger partial charge in [-0.1, -0.05) is 59.8 Å².